The van der Waals surface area contributed by atoms with Crippen LogP contribution in [0.4, 0.5) is 0 Å². The molecule has 0 bridgehead atoms. The number of hydrogen-bond donors (Lipinski definition) is 2. The first-order chi connectivity index (χ1) is 17.5. The number of phenols is 1. The molecule has 8 nitrogen and oxygen atoms in total. The summed E-state index contributed by atoms with van der Waals surface area (Å²) in [4.78, 5) is 28.2. The van der Waals surface area contributed by atoms with E-state index in [0.717, 1.165) is 28.5 Å². The second kappa shape index (κ2) is 11.3. The number of fused-ring (bicyclic) bond motifs is 1. The first-order valence-corrected chi connectivity index (χ1v) is 11.5. The Labute approximate surface area is 208 Å². The van der Waals surface area contributed by atoms with Crippen LogP contribution >= 0.6 is 0 Å². The summed E-state index contributed by atoms with van der Waals surface area (Å²) in [5.74, 6) is -0.608. The molecule has 8 heteroatoms. The lowest BCUT2D eigenvalue weighted by Gasteiger charge is -2.11. The maximum atomic E-state index is 12.5. The van der Waals surface area contributed by atoms with E-state index in [-0.39, 0.29) is 23.5 Å². The monoisotopic (exact) mass is 486 g/mol. The van der Waals surface area contributed by atoms with Gasteiger partial charge >= 0.3 is 5.97 Å². The normalized spacial score (nSPS) is 11.2. The van der Waals surface area contributed by atoms with Gasteiger partial charge in [0.2, 0.25) is 0 Å². The Hall–Kier alpha value is -4.43. The number of ketones is 1. The van der Waals surface area contributed by atoms with E-state index in [2.05, 4.69) is 4.57 Å². The summed E-state index contributed by atoms with van der Waals surface area (Å²) in [6, 6.07) is 18.8. The molecule has 0 radical (unpaired) electrons. The number of imidazole rings is 1. The molecule has 4 aromatic rings. The summed E-state index contributed by atoms with van der Waals surface area (Å²) in [5, 5.41) is 19.0. The average Bonchev–Trinajstić information content (AvgIpc) is 3.24. The van der Waals surface area contributed by atoms with Crippen LogP contribution in [0.2, 0.25) is 0 Å². The van der Waals surface area contributed by atoms with E-state index in [1.807, 2.05) is 49.4 Å². The van der Waals surface area contributed by atoms with Crippen LogP contribution in [0.5, 0.6) is 11.5 Å². The number of hydrogen-bond acceptors (Lipinski definition) is 6. The SMILES string of the molecule is CCOCCn1c(COc2cccc(/C=C/C(=O)c3ccc(C(=O)O)cc3O)c2)nc2ccccc21. The molecule has 0 atom stereocenters. The highest BCUT2D eigenvalue weighted by molar-refractivity contribution is 6.09. The van der Waals surface area contributed by atoms with Crippen molar-refractivity contribution in [3.8, 4) is 11.5 Å². The van der Waals surface area contributed by atoms with Crippen molar-refractivity contribution in [1.82, 2.24) is 9.55 Å². The summed E-state index contributed by atoms with van der Waals surface area (Å²) >= 11 is 0. The van der Waals surface area contributed by atoms with Gasteiger partial charge in [0, 0.05) is 13.2 Å². The fraction of sp³-hybridized carbons (Fsp3) is 0.179. The molecule has 0 unspecified atom stereocenters. The number of para-hydroxylation sites is 2. The number of nitrogens with zero attached hydrogens (tertiary/aromatic N) is 2. The molecule has 36 heavy (non-hydrogen) atoms. The molecule has 1 heterocycles. The Bertz CT molecular complexity index is 1420. The molecule has 0 spiro atoms. The quantitative estimate of drug-likeness (QED) is 0.175. The molecule has 2 N–H and O–H groups in total. The number of rotatable bonds is 11. The summed E-state index contributed by atoms with van der Waals surface area (Å²) < 4.78 is 13.6. The number of aromatic nitrogens is 2. The largest absolute Gasteiger partial charge is 0.507 e. The molecular weight excluding hydrogens is 460 g/mol. The first kappa shape index (κ1) is 24.7. The molecule has 0 saturated carbocycles. The smallest absolute Gasteiger partial charge is 0.335 e. The number of allylic oxidation sites excluding steroid dienone is 1. The van der Waals surface area contributed by atoms with Crippen LogP contribution < -0.4 is 4.74 Å². The standard InChI is InChI=1S/C28H26N2O6/c1-2-35-15-14-30-24-9-4-3-8-23(24)29-27(30)18-36-21-7-5-6-19(16-21)10-13-25(31)22-12-11-20(28(33)34)17-26(22)32/h3-13,16-17,32H,2,14-15,18H2,1H3,(H,33,34)/b13-10+. The molecule has 0 amide bonds. The second-order valence-electron chi connectivity index (χ2n) is 7.96. The van der Waals surface area contributed by atoms with E-state index in [1.165, 1.54) is 18.2 Å². The van der Waals surface area contributed by atoms with E-state index in [9.17, 15) is 14.7 Å². The van der Waals surface area contributed by atoms with Crippen molar-refractivity contribution in [2.75, 3.05) is 13.2 Å². The molecule has 0 aliphatic rings. The van der Waals surface area contributed by atoms with Crippen molar-refractivity contribution in [3.05, 3.63) is 95.3 Å². The van der Waals surface area contributed by atoms with Crippen molar-refractivity contribution in [3.63, 3.8) is 0 Å². The van der Waals surface area contributed by atoms with Gasteiger partial charge in [-0.15, -0.1) is 0 Å². The number of ether oxygens (including phenoxy) is 2. The number of carbonyl (C=O) groups is 2. The second-order valence-corrected chi connectivity index (χ2v) is 7.96. The third-order valence-electron chi connectivity index (χ3n) is 5.56. The van der Waals surface area contributed by atoms with Crippen LogP contribution in [0.1, 0.15) is 39.0 Å². The minimum atomic E-state index is -1.18. The lowest BCUT2D eigenvalue weighted by atomic mass is 10.1. The summed E-state index contributed by atoms with van der Waals surface area (Å²) in [7, 11) is 0. The minimum Gasteiger partial charge on any atom is -0.507 e. The van der Waals surface area contributed by atoms with Crippen LogP contribution in [-0.2, 0) is 17.9 Å². The Morgan fingerprint density at radius 3 is 2.67 bits per heavy atom. The van der Waals surface area contributed by atoms with Crippen molar-refractivity contribution >= 4 is 28.9 Å². The zero-order chi connectivity index (χ0) is 25.5. The molecule has 0 aliphatic carbocycles. The average molecular weight is 487 g/mol. The molecule has 0 aliphatic heterocycles. The van der Waals surface area contributed by atoms with E-state index in [0.29, 0.717) is 25.5 Å². The maximum absolute atomic E-state index is 12.5. The van der Waals surface area contributed by atoms with Gasteiger partial charge in [-0.3, -0.25) is 4.79 Å². The zero-order valence-electron chi connectivity index (χ0n) is 19.8. The van der Waals surface area contributed by atoms with Gasteiger partial charge in [-0.2, -0.15) is 0 Å². The van der Waals surface area contributed by atoms with Crippen LogP contribution in [0.25, 0.3) is 17.1 Å². The van der Waals surface area contributed by atoms with Crippen LogP contribution in [0.15, 0.2) is 72.8 Å². The van der Waals surface area contributed by atoms with Crippen molar-refractivity contribution in [2.24, 2.45) is 0 Å². The fourth-order valence-electron chi connectivity index (χ4n) is 3.78. The Morgan fingerprint density at radius 1 is 1.06 bits per heavy atom. The molecule has 0 saturated heterocycles. The van der Waals surface area contributed by atoms with Gasteiger partial charge in [0.05, 0.1) is 28.8 Å². The predicted molar refractivity (Wildman–Crippen MR) is 135 cm³/mol. The number of carboxylic acid groups (broad SMARTS) is 1. The lowest BCUT2D eigenvalue weighted by molar-refractivity contribution is 0.0696. The highest BCUT2D eigenvalue weighted by Crippen LogP contribution is 2.22. The summed E-state index contributed by atoms with van der Waals surface area (Å²) in [5.41, 5.74) is 2.57. The Kier molecular flexibility index (Phi) is 7.77. The molecule has 0 fully saturated rings. The minimum absolute atomic E-state index is 0.0228. The van der Waals surface area contributed by atoms with Crippen molar-refractivity contribution in [1.29, 1.82) is 0 Å². The summed E-state index contributed by atoms with van der Waals surface area (Å²) in [6.07, 6.45) is 2.93. The van der Waals surface area contributed by atoms with Gasteiger partial charge in [0.1, 0.15) is 23.9 Å². The van der Waals surface area contributed by atoms with E-state index >= 15 is 0 Å². The highest BCUT2D eigenvalue weighted by Gasteiger charge is 2.13. The molecule has 184 valence electrons. The van der Waals surface area contributed by atoms with Crippen LogP contribution in [-0.4, -0.2) is 44.7 Å². The third-order valence-corrected chi connectivity index (χ3v) is 5.56. The molecule has 1 aromatic heterocycles. The van der Waals surface area contributed by atoms with Crippen molar-refractivity contribution < 1.29 is 29.3 Å². The predicted octanol–water partition coefficient (Wildman–Crippen LogP) is 4.95. The van der Waals surface area contributed by atoms with E-state index < -0.39 is 11.8 Å². The van der Waals surface area contributed by atoms with Crippen molar-refractivity contribution in [2.45, 2.75) is 20.1 Å². The molecule has 4 rings (SSSR count). The van der Waals surface area contributed by atoms with Crippen LogP contribution in [0, 0.1) is 0 Å². The number of aromatic hydroxyl groups is 1. The van der Waals surface area contributed by atoms with Gasteiger partial charge in [-0.05, 0) is 61.0 Å². The third kappa shape index (κ3) is 5.79. The van der Waals surface area contributed by atoms with Gasteiger partial charge in [0.15, 0.2) is 5.78 Å². The van der Waals surface area contributed by atoms with Gasteiger partial charge in [-0.1, -0.05) is 30.3 Å². The number of carbonyl (C=O) groups excluding carboxylic acids is 1. The Morgan fingerprint density at radius 2 is 1.89 bits per heavy atom. The Balaban J connectivity index is 1.46. The van der Waals surface area contributed by atoms with Gasteiger partial charge in [0.25, 0.3) is 0 Å². The van der Waals surface area contributed by atoms with Gasteiger partial charge in [-0.25, -0.2) is 9.78 Å². The van der Waals surface area contributed by atoms with E-state index in [1.54, 1.807) is 12.1 Å². The van der Waals surface area contributed by atoms with Gasteiger partial charge < -0.3 is 24.3 Å². The molecule has 3 aromatic carbocycles. The molecular formula is C28H26N2O6. The zero-order valence-corrected chi connectivity index (χ0v) is 19.8. The summed E-state index contributed by atoms with van der Waals surface area (Å²) in [6.45, 7) is 4.11. The van der Waals surface area contributed by atoms with E-state index in [4.69, 9.17) is 19.6 Å². The fourth-order valence-corrected chi connectivity index (χ4v) is 3.78. The number of phenolic OH excluding ortho intramolecular Hbond substituents is 1. The number of aromatic carboxylic acids is 1. The topological polar surface area (TPSA) is 111 Å². The highest BCUT2D eigenvalue weighted by atomic mass is 16.5. The first-order valence-electron chi connectivity index (χ1n) is 11.5. The number of carboxylic acids is 1. The van der Waals surface area contributed by atoms with Crippen LogP contribution in [0.3, 0.4) is 0 Å². The number of benzene rings is 3. The maximum Gasteiger partial charge on any atom is 0.335 e. The lowest BCUT2D eigenvalue weighted by Crippen LogP contribution is -2.11.